The molecule has 0 aliphatic carbocycles. The molecule has 1 aliphatic heterocycles. The molecular weight excluding hydrogens is 260 g/mol. The number of hydrogen-bond donors (Lipinski definition) is 1. The fourth-order valence-electron chi connectivity index (χ4n) is 2.29. The molecule has 106 valence electrons. The Hall–Kier alpha value is -1.07. The number of nitrogens with one attached hydrogen (secondary N) is 1. The first kappa shape index (κ1) is 14.3. The lowest BCUT2D eigenvalue weighted by atomic mass is 10.2. The highest BCUT2D eigenvalue weighted by Gasteiger charge is 2.16. The third-order valence-electron chi connectivity index (χ3n) is 3.51. The van der Waals surface area contributed by atoms with Crippen LogP contribution in [0.25, 0.3) is 0 Å². The van der Waals surface area contributed by atoms with Gasteiger partial charge in [0.15, 0.2) is 0 Å². The van der Waals surface area contributed by atoms with Crippen LogP contribution in [-0.4, -0.2) is 38.7 Å². The second-order valence-electron chi connectivity index (χ2n) is 5.02. The molecule has 1 N–H and O–H groups in total. The van der Waals surface area contributed by atoms with Crippen molar-refractivity contribution >= 4 is 15.7 Å². The Morgan fingerprint density at radius 1 is 1.16 bits per heavy atom. The van der Waals surface area contributed by atoms with Crippen LogP contribution in [0.3, 0.4) is 0 Å². The van der Waals surface area contributed by atoms with Gasteiger partial charge in [0.1, 0.15) is 0 Å². The van der Waals surface area contributed by atoms with E-state index < -0.39 is 10.0 Å². The van der Waals surface area contributed by atoms with Gasteiger partial charge in [-0.3, -0.25) is 4.72 Å². The molecule has 0 spiro atoms. The molecule has 5 heteroatoms. The molecule has 1 saturated heterocycles. The molecule has 0 radical (unpaired) electrons. The maximum Gasteiger partial charge on any atom is 0.233 e. The Morgan fingerprint density at radius 2 is 1.79 bits per heavy atom. The summed E-state index contributed by atoms with van der Waals surface area (Å²) in [6.45, 7) is 4.76. The summed E-state index contributed by atoms with van der Waals surface area (Å²) in [6.07, 6.45) is 3.33. The smallest absolute Gasteiger partial charge is 0.233 e. The van der Waals surface area contributed by atoms with Crippen LogP contribution in [0, 0.1) is 0 Å². The van der Waals surface area contributed by atoms with E-state index in [4.69, 9.17) is 0 Å². The lowest BCUT2D eigenvalue weighted by Gasteiger charge is -2.15. The van der Waals surface area contributed by atoms with E-state index in [1.54, 1.807) is 0 Å². The van der Waals surface area contributed by atoms with Gasteiger partial charge in [-0.1, -0.05) is 19.1 Å². The first-order valence-corrected chi connectivity index (χ1v) is 8.56. The van der Waals surface area contributed by atoms with Crippen LogP contribution in [0.4, 0.5) is 5.69 Å². The summed E-state index contributed by atoms with van der Waals surface area (Å²) >= 11 is 0. The number of hydrogen-bond acceptors (Lipinski definition) is 3. The van der Waals surface area contributed by atoms with Gasteiger partial charge in [-0.15, -0.1) is 0 Å². The van der Waals surface area contributed by atoms with Gasteiger partial charge in [0.25, 0.3) is 0 Å². The highest BCUT2D eigenvalue weighted by atomic mass is 32.2. The number of aryl methyl sites for hydroxylation is 1. The Labute approximate surface area is 115 Å². The predicted octanol–water partition coefficient (Wildman–Crippen LogP) is 2.09. The first-order valence-electron chi connectivity index (χ1n) is 6.91. The van der Waals surface area contributed by atoms with E-state index in [1.165, 1.54) is 18.4 Å². The minimum atomic E-state index is -3.23. The largest absolute Gasteiger partial charge is 0.302 e. The van der Waals surface area contributed by atoms with Crippen molar-refractivity contribution in [3.8, 4) is 0 Å². The SMILES string of the molecule is CCc1ccc(NS(=O)(=O)CCN2CCCC2)cc1. The molecule has 19 heavy (non-hydrogen) atoms. The molecule has 0 unspecified atom stereocenters. The Bertz CT molecular complexity index is 491. The van der Waals surface area contributed by atoms with Crippen molar-refractivity contribution in [3.63, 3.8) is 0 Å². The average molecular weight is 282 g/mol. The lowest BCUT2D eigenvalue weighted by Crippen LogP contribution is -2.29. The fourth-order valence-corrected chi connectivity index (χ4v) is 3.39. The molecule has 2 rings (SSSR count). The molecular formula is C14H22N2O2S. The van der Waals surface area contributed by atoms with Crippen molar-refractivity contribution in [2.75, 3.05) is 30.1 Å². The van der Waals surface area contributed by atoms with Crippen molar-refractivity contribution < 1.29 is 8.42 Å². The topological polar surface area (TPSA) is 49.4 Å². The number of rotatable bonds is 6. The van der Waals surface area contributed by atoms with Gasteiger partial charge in [-0.25, -0.2) is 8.42 Å². The predicted molar refractivity (Wildman–Crippen MR) is 78.9 cm³/mol. The van der Waals surface area contributed by atoms with Crippen LogP contribution in [-0.2, 0) is 16.4 Å². The molecule has 0 saturated carbocycles. The molecule has 0 bridgehead atoms. The van der Waals surface area contributed by atoms with Crippen LogP contribution >= 0.6 is 0 Å². The Balaban J connectivity index is 1.88. The van der Waals surface area contributed by atoms with Crippen molar-refractivity contribution in [1.82, 2.24) is 4.90 Å². The number of sulfonamides is 1. The summed E-state index contributed by atoms with van der Waals surface area (Å²) in [6, 6.07) is 7.56. The Kier molecular flexibility index (Phi) is 4.82. The molecule has 1 heterocycles. The van der Waals surface area contributed by atoms with Gasteiger partial charge in [0.05, 0.1) is 5.75 Å². The van der Waals surface area contributed by atoms with Crippen LogP contribution < -0.4 is 4.72 Å². The molecule has 0 atom stereocenters. The molecule has 1 fully saturated rings. The van der Waals surface area contributed by atoms with E-state index in [0.717, 1.165) is 19.5 Å². The van der Waals surface area contributed by atoms with Crippen LogP contribution in [0.1, 0.15) is 25.3 Å². The molecule has 0 aromatic heterocycles. The number of likely N-dealkylation sites (tertiary alicyclic amines) is 1. The summed E-state index contributed by atoms with van der Waals surface area (Å²) in [5.74, 6) is 0.169. The van der Waals surface area contributed by atoms with Crippen molar-refractivity contribution in [2.24, 2.45) is 0 Å². The third-order valence-corrected chi connectivity index (χ3v) is 4.78. The standard InChI is InChI=1S/C14H22N2O2S/c1-2-13-5-7-14(8-6-13)15-19(17,18)12-11-16-9-3-4-10-16/h5-8,15H,2-4,9-12H2,1H3. The molecule has 1 aromatic carbocycles. The summed E-state index contributed by atoms with van der Waals surface area (Å²) in [4.78, 5) is 2.21. The maximum atomic E-state index is 12.0. The zero-order valence-electron chi connectivity index (χ0n) is 11.4. The monoisotopic (exact) mass is 282 g/mol. The van der Waals surface area contributed by atoms with Crippen molar-refractivity contribution in [1.29, 1.82) is 0 Å². The normalized spacial score (nSPS) is 16.7. The van der Waals surface area contributed by atoms with Crippen molar-refractivity contribution in [3.05, 3.63) is 29.8 Å². The molecule has 4 nitrogen and oxygen atoms in total. The van der Waals surface area contributed by atoms with E-state index in [9.17, 15) is 8.42 Å². The highest BCUT2D eigenvalue weighted by molar-refractivity contribution is 7.92. The average Bonchev–Trinajstić information content (AvgIpc) is 2.90. The molecule has 1 aromatic rings. The van der Waals surface area contributed by atoms with E-state index in [0.29, 0.717) is 12.2 Å². The zero-order valence-corrected chi connectivity index (χ0v) is 12.2. The number of anilines is 1. The zero-order chi connectivity index (χ0) is 13.7. The molecule has 1 aliphatic rings. The highest BCUT2D eigenvalue weighted by Crippen LogP contribution is 2.13. The van der Waals surface area contributed by atoms with Gasteiger partial charge in [0.2, 0.25) is 10.0 Å². The van der Waals surface area contributed by atoms with Gasteiger partial charge in [-0.05, 0) is 50.0 Å². The number of benzene rings is 1. The van der Waals surface area contributed by atoms with E-state index in [2.05, 4.69) is 16.5 Å². The summed E-state index contributed by atoms with van der Waals surface area (Å²) in [7, 11) is -3.23. The number of nitrogens with zero attached hydrogens (tertiary/aromatic N) is 1. The van der Waals surface area contributed by atoms with Crippen LogP contribution in [0.15, 0.2) is 24.3 Å². The quantitative estimate of drug-likeness (QED) is 0.869. The van der Waals surface area contributed by atoms with E-state index in [-0.39, 0.29) is 5.75 Å². The summed E-state index contributed by atoms with van der Waals surface area (Å²) in [5.41, 5.74) is 1.86. The van der Waals surface area contributed by atoms with E-state index >= 15 is 0 Å². The van der Waals surface area contributed by atoms with Gasteiger partial charge in [-0.2, -0.15) is 0 Å². The summed E-state index contributed by atoms with van der Waals surface area (Å²) < 4.78 is 26.6. The third kappa shape index (κ3) is 4.51. The second kappa shape index (κ2) is 6.39. The first-order chi connectivity index (χ1) is 9.09. The fraction of sp³-hybridized carbons (Fsp3) is 0.571. The maximum absolute atomic E-state index is 12.0. The summed E-state index contributed by atoms with van der Waals surface area (Å²) in [5, 5.41) is 0. The minimum Gasteiger partial charge on any atom is -0.302 e. The van der Waals surface area contributed by atoms with Gasteiger partial charge < -0.3 is 4.90 Å². The van der Waals surface area contributed by atoms with Crippen LogP contribution in [0.5, 0.6) is 0 Å². The van der Waals surface area contributed by atoms with Crippen LogP contribution in [0.2, 0.25) is 0 Å². The second-order valence-corrected chi connectivity index (χ2v) is 6.86. The van der Waals surface area contributed by atoms with Gasteiger partial charge in [0, 0.05) is 12.2 Å². The van der Waals surface area contributed by atoms with Crippen molar-refractivity contribution in [2.45, 2.75) is 26.2 Å². The van der Waals surface area contributed by atoms with E-state index in [1.807, 2.05) is 24.3 Å². The van der Waals surface area contributed by atoms with Gasteiger partial charge >= 0.3 is 0 Å². The Morgan fingerprint density at radius 3 is 2.37 bits per heavy atom. The lowest BCUT2D eigenvalue weighted by molar-refractivity contribution is 0.359. The molecule has 0 amide bonds. The minimum absolute atomic E-state index is 0.169.